The minimum Gasteiger partial charge on any atom is -0.450 e. The molecule has 0 radical (unpaired) electrons. The van der Waals surface area contributed by atoms with Crippen LogP contribution in [0.25, 0.3) is 0 Å². The number of hydrogen-bond donors (Lipinski definition) is 1. The first kappa shape index (κ1) is 16.4. The number of amides is 1. The summed E-state index contributed by atoms with van der Waals surface area (Å²) in [5.41, 5.74) is 1.55. The van der Waals surface area contributed by atoms with Crippen molar-refractivity contribution in [3.8, 4) is 12.1 Å². The van der Waals surface area contributed by atoms with Crippen LogP contribution >= 0.6 is 11.8 Å². The molecule has 0 saturated heterocycles. The van der Waals surface area contributed by atoms with Gasteiger partial charge in [-0.1, -0.05) is 11.8 Å². The first-order valence-electron chi connectivity index (χ1n) is 6.82. The molecule has 0 unspecified atom stereocenters. The molecule has 0 atom stereocenters. The van der Waals surface area contributed by atoms with Gasteiger partial charge in [0.05, 0.1) is 23.8 Å². The molecule has 2 aromatic carbocycles. The highest BCUT2D eigenvalue weighted by atomic mass is 32.2. The molecular weight excluding hydrogens is 310 g/mol. The summed E-state index contributed by atoms with van der Waals surface area (Å²) < 4.78 is 4.81. The highest BCUT2D eigenvalue weighted by Crippen LogP contribution is 2.31. The Morgan fingerprint density at radius 3 is 2.52 bits per heavy atom. The van der Waals surface area contributed by atoms with Crippen molar-refractivity contribution in [1.82, 2.24) is 0 Å². The Kier molecular flexibility index (Phi) is 5.62. The zero-order valence-electron chi connectivity index (χ0n) is 12.4. The third kappa shape index (κ3) is 4.50. The summed E-state index contributed by atoms with van der Waals surface area (Å²) in [4.78, 5) is 13.0. The van der Waals surface area contributed by atoms with E-state index in [9.17, 15) is 10.1 Å². The highest BCUT2D eigenvalue weighted by Gasteiger charge is 2.07. The van der Waals surface area contributed by atoms with Crippen molar-refractivity contribution in [2.75, 3.05) is 11.9 Å². The van der Waals surface area contributed by atoms with Crippen LogP contribution in [-0.4, -0.2) is 12.7 Å². The molecule has 114 valence electrons. The summed E-state index contributed by atoms with van der Waals surface area (Å²) >= 11 is 1.42. The molecule has 23 heavy (non-hydrogen) atoms. The molecule has 1 amide bonds. The predicted octanol–water partition coefficient (Wildman–Crippen LogP) is 4.15. The van der Waals surface area contributed by atoms with Crippen molar-refractivity contribution in [2.45, 2.75) is 16.7 Å². The molecule has 0 fully saturated rings. The van der Waals surface area contributed by atoms with Crippen LogP contribution in [0.2, 0.25) is 0 Å². The van der Waals surface area contributed by atoms with E-state index in [-0.39, 0.29) is 0 Å². The average molecular weight is 323 g/mol. The lowest BCUT2D eigenvalue weighted by Crippen LogP contribution is -2.12. The topological polar surface area (TPSA) is 85.9 Å². The predicted molar refractivity (Wildman–Crippen MR) is 87.1 cm³/mol. The molecule has 0 saturated carbocycles. The van der Waals surface area contributed by atoms with Crippen LogP contribution in [0, 0.1) is 22.7 Å². The summed E-state index contributed by atoms with van der Waals surface area (Å²) in [6.07, 6.45) is -0.494. The van der Waals surface area contributed by atoms with Crippen molar-refractivity contribution < 1.29 is 9.53 Å². The number of carbonyl (C=O) groups is 1. The fraction of sp³-hybridized carbons (Fsp3) is 0.118. The number of rotatable bonds is 4. The third-order valence-electron chi connectivity index (χ3n) is 2.83. The molecule has 0 aliphatic carbocycles. The van der Waals surface area contributed by atoms with Crippen molar-refractivity contribution >= 4 is 23.5 Å². The van der Waals surface area contributed by atoms with Crippen LogP contribution in [0.15, 0.2) is 52.3 Å². The molecule has 0 spiro atoms. The smallest absolute Gasteiger partial charge is 0.411 e. The van der Waals surface area contributed by atoms with Gasteiger partial charge in [-0.3, -0.25) is 5.32 Å². The molecule has 0 aromatic heterocycles. The molecule has 0 aliphatic heterocycles. The van der Waals surface area contributed by atoms with E-state index in [2.05, 4.69) is 11.4 Å². The quantitative estimate of drug-likeness (QED) is 0.913. The van der Waals surface area contributed by atoms with Crippen LogP contribution in [0.3, 0.4) is 0 Å². The van der Waals surface area contributed by atoms with Crippen molar-refractivity contribution in [2.24, 2.45) is 0 Å². The van der Waals surface area contributed by atoms with E-state index >= 15 is 0 Å². The highest BCUT2D eigenvalue weighted by molar-refractivity contribution is 7.99. The Balaban J connectivity index is 2.11. The fourth-order valence-electron chi connectivity index (χ4n) is 1.79. The van der Waals surface area contributed by atoms with Crippen molar-refractivity contribution in [3.05, 3.63) is 53.6 Å². The second kappa shape index (κ2) is 7.88. The minimum absolute atomic E-state index is 0.315. The third-order valence-corrected chi connectivity index (χ3v) is 3.92. The molecule has 2 aromatic rings. The maximum atomic E-state index is 11.3. The first-order chi connectivity index (χ1) is 11.2. The summed E-state index contributed by atoms with van der Waals surface area (Å²) in [5, 5.41) is 20.7. The second-order valence-electron chi connectivity index (χ2n) is 4.41. The lowest BCUT2D eigenvalue weighted by atomic mass is 10.1. The Morgan fingerprint density at radius 1 is 1.17 bits per heavy atom. The van der Waals surface area contributed by atoms with E-state index < -0.39 is 6.09 Å². The van der Waals surface area contributed by atoms with Gasteiger partial charge in [-0.2, -0.15) is 10.5 Å². The minimum atomic E-state index is -0.494. The summed E-state index contributed by atoms with van der Waals surface area (Å²) in [7, 11) is 0. The fourth-order valence-corrected chi connectivity index (χ4v) is 2.67. The zero-order valence-corrected chi connectivity index (χ0v) is 13.2. The number of carbonyl (C=O) groups excluding carboxylic acids is 1. The number of nitrogens with one attached hydrogen (secondary N) is 1. The number of hydrogen-bond acceptors (Lipinski definition) is 5. The van der Waals surface area contributed by atoms with E-state index in [4.69, 9.17) is 10.00 Å². The van der Waals surface area contributed by atoms with Gasteiger partial charge < -0.3 is 4.74 Å². The Bertz CT molecular complexity index is 789. The van der Waals surface area contributed by atoms with Crippen LogP contribution in [0.5, 0.6) is 0 Å². The molecular formula is C17H13N3O2S. The van der Waals surface area contributed by atoms with Gasteiger partial charge in [0, 0.05) is 15.5 Å². The molecule has 0 bridgehead atoms. The molecule has 5 nitrogen and oxygen atoms in total. The monoisotopic (exact) mass is 323 g/mol. The van der Waals surface area contributed by atoms with E-state index in [1.165, 1.54) is 11.8 Å². The van der Waals surface area contributed by atoms with Gasteiger partial charge in [-0.05, 0) is 49.4 Å². The molecule has 0 heterocycles. The molecule has 1 N–H and O–H groups in total. The molecule has 2 rings (SSSR count). The summed E-state index contributed by atoms with van der Waals surface area (Å²) in [5.74, 6) is 0. The SMILES string of the molecule is CCOC(=O)Nc1ccc(Sc2ccc(C#N)cc2C#N)cc1. The standard InChI is InChI=1S/C17H13N3O2S/c1-2-22-17(21)20-14-4-6-15(7-5-14)23-16-8-3-12(10-18)9-13(16)11-19/h3-9H,2H2,1H3,(H,20,21). The normalized spacial score (nSPS) is 9.52. The van der Waals surface area contributed by atoms with Gasteiger partial charge in [0.2, 0.25) is 0 Å². The van der Waals surface area contributed by atoms with Crippen LogP contribution in [0.1, 0.15) is 18.1 Å². The number of ether oxygens (including phenoxy) is 1. The van der Waals surface area contributed by atoms with E-state index in [0.29, 0.717) is 23.4 Å². The molecule has 0 aliphatic rings. The maximum absolute atomic E-state index is 11.3. The van der Waals surface area contributed by atoms with Gasteiger partial charge in [0.15, 0.2) is 0 Å². The van der Waals surface area contributed by atoms with Crippen LogP contribution in [0.4, 0.5) is 10.5 Å². The second-order valence-corrected chi connectivity index (χ2v) is 5.52. The lowest BCUT2D eigenvalue weighted by Gasteiger charge is -2.07. The summed E-state index contributed by atoms with van der Waals surface area (Å²) in [6.45, 7) is 2.05. The largest absolute Gasteiger partial charge is 0.450 e. The van der Waals surface area contributed by atoms with Crippen LogP contribution < -0.4 is 5.32 Å². The number of nitriles is 2. The van der Waals surface area contributed by atoms with Gasteiger partial charge in [-0.25, -0.2) is 4.79 Å². The Morgan fingerprint density at radius 2 is 1.91 bits per heavy atom. The van der Waals surface area contributed by atoms with E-state index in [1.807, 2.05) is 18.2 Å². The van der Waals surface area contributed by atoms with E-state index in [0.717, 1.165) is 9.79 Å². The maximum Gasteiger partial charge on any atom is 0.411 e. The van der Waals surface area contributed by atoms with Gasteiger partial charge in [0.1, 0.15) is 6.07 Å². The van der Waals surface area contributed by atoms with Gasteiger partial charge >= 0.3 is 6.09 Å². The number of benzene rings is 2. The number of nitrogens with zero attached hydrogens (tertiary/aromatic N) is 2. The first-order valence-corrected chi connectivity index (χ1v) is 7.64. The van der Waals surface area contributed by atoms with E-state index in [1.54, 1.807) is 37.3 Å². The summed E-state index contributed by atoms with van der Waals surface area (Å²) in [6, 6.07) is 16.3. The van der Waals surface area contributed by atoms with Crippen molar-refractivity contribution in [1.29, 1.82) is 10.5 Å². The average Bonchev–Trinajstić information content (AvgIpc) is 2.57. The van der Waals surface area contributed by atoms with Gasteiger partial charge in [-0.15, -0.1) is 0 Å². The molecule has 6 heteroatoms. The zero-order chi connectivity index (χ0) is 16.7. The lowest BCUT2D eigenvalue weighted by molar-refractivity contribution is 0.168. The van der Waals surface area contributed by atoms with Crippen molar-refractivity contribution in [3.63, 3.8) is 0 Å². The Hall–Kier alpha value is -2.96. The number of anilines is 1. The van der Waals surface area contributed by atoms with Crippen LogP contribution in [-0.2, 0) is 4.74 Å². The Labute approximate surface area is 138 Å². The van der Waals surface area contributed by atoms with Gasteiger partial charge in [0.25, 0.3) is 0 Å².